The molecule has 1 unspecified atom stereocenters. The standard InChI is InChI=1S/C89H121F2N7O12/c1-47(2)66-56(99)42-88(38-36-84(14)52(68(66)88)22-26-60-82(12)32-30-62(109-64(101)44-78(5,6)76(105)106)79(7,8)58(82)28-34-86(60,84)16)70(103)74-95-93-72(97(74)18)49-20-24-54(91)50(40-49)41-81(11,77(107)108)45-65(102)110-63-31-33-83(13)59(80(63,9)10)29-35-87(17)61(83)27-23-53-69-67(48(3)4)57(100)43-89(69,39-37-85(53,87)15)71(104)75-96-94-73(98(75)19)55-25-21-51(90)46-92-55/h20-21,24-25,40,46-48,52-53,58-63,70-71,103-104H,22-23,26-39,41-45H2,1-19H3,(H,105,106)(H,107,108)/t52-,53-,58+,59+,60-,61-,62+,63+,70-,71+,81?,82+,83+,84-,85-,86-,87-,88-,89-/m1/s1. The number of carbonyl (C=O) groups excluding carboxylic acids is 4. The van der Waals surface area contributed by atoms with Gasteiger partial charge in [0.25, 0.3) is 0 Å². The second-order valence-electron chi connectivity index (χ2n) is 40.8. The molecule has 19 atom stereocenters. The third kappa shape index (κ3) is 11.5. The number of hydrogen-bond acceptors (Lipinski definition) is 15. The summed E-state index contributed by atoms with van der Waals surface area (Å²) in [6.07, 6.45) is 9.92. The van der Waals surface area contributed by atoms with Crippen LogP contribution in [-0.4, -0.2) is 103 Å². The van der Waals surface area contributed by atoms with Crippen molar-refractivity contribution in [2.24, 2.45) is 126 Å². The zero-order valence-electron chi connectivity index (χ0n) is 68.7. The molecule has 0 saturated heterocycles. The van der Waals surface area contributed by atoms with Crippen molar-refractivity contribution in [1.29, 1.82) is 0 Å². The fourth-order valence-electron chi connectivity index (χ4n) is 27.7. The van der Waals surface area contributed by atoms with E-state index in [1.165, 1.54) is 19.1 Å². The number of hydrogen-bond donors (Lipinski definition) is 4. The van der Waals surface area contributed by atoms with Gasteiger partial charge in [-0.15, -0.1) is 20.4 Å². The minimum atomic E-state index is -1.79. The van der Waals surface area contributed by atoms with Crippen LogP contribution in [0.25, 0.3) is 22.9 Å². The number of nitrogens with zero attached hydrogens (tertiary/aromatic N) is 7. The molecule has 10 aliphatic rings. The highest BCUT2D eigenvalue weighted by molar-refractivity contribution is 6.01. The molecular formula is C89H121F2N7O12. The van der Waals surface area contributed by atoms with E-state index in [4.69, 9.17) is 14.6 Å². The van der Waals surface area contributed by atoms with Crippen LogP contribution < -0.4 is 0 Å². The molecule has 8 fully saturated rings. The number of carbonyl (C=O) groups is 6. The summed E-state index contributed by atoms with van der Waals surface area (Å²) in [6.45, 7) is 36.5. The number of pyridine rings is 1. The van der Waals surface area contributed by atoms with E-state index in [1.54, 1.807) is 55.3 Å². The highest BCUT2D eigenvalue weighted by Crippen LogP contribution is 2.80. The highest BCUT2D eigenvalue weighted by Gasteiger charge is 2.74. The summed E-state index contributed by atoms with van der Waals surface area (Å²) in [5.74, 6) is -2.30. The molecule has 3 aromatic heterocycles. The van der Waals surface area contributed by atoms with Crippen LogP contribution in [-0.2, 0) is 58.8 Å². The molecule has 14 rings (SSSR count). The maximum absolute atomic E-state index is 16.5. The molecule has 110 heavy (non-hydrogen) atoms. The zero-order valence-corrected chi connectivity index (χ0v) is 68.7. The van der Waals surface area contributed by atoms with Gasteiger partial charge >= 0.3 is 23.9 Å². The number of fused-ring (bicyclic) bond motifs is 14. The number of benzene rings is 1. The van der Waals surface area contributed by atoms with Crippen molar-refractivity contribution in [3.05, 3.63) is 87.7 Å². The molecule has 0 radical (unpaired) electrons. The molecule has 19 nitrogen and oxygen atoms in total. The summed E-state index contributed by atoms with van der Waals surface area (Å²) in [7, 11) is 3.54. The summed E-state index contributed by atoms with van der Waals surface area (Å²) in [6, 6.07) is 7.26. The topological polar surface area (TPSA) is 276 Å². The Bertz CT molecular complexity index is 4510. The quantitative estimate of drug-likeness (QED) is 0.0674. The molecule has 0 amide bonds. The summed E-state index contributed by atoms with van der Waals surface area (Å²) < 4.78 is 46.7. The largest absolute Gasteiger partial charge is 0.481 e. The van der Waals surface area contributed by atoms with Crippen LogP contribution in [0, 0.1) is 124 Å². The van der Waals surface area contributed by atoms with E-state index >= 15 is 4.39 Å². The number of aliphatic hydroxyl groups excluding tert-OH is 2. The van der Waals surface area contributed by atoms with Gasteiger partial charge in [-0.3, -0.25) is 28.8 Å². The summed E-state index contributed by atoms with van der Waals surface area (Å²) in [5.41, 5.74) is -2.11. The summed E-state index contributed by atoms with van der Waals surface area (Å²) in [4.78, 5) is 87.3. The Morgan fingerprint density at radius 3 is 1.44 bits per heavy atom. The lowest BCUT2D eigenvalue weighted by Crippen LogP contribution is -2.66. The number of aliphatic hydroxyl groups is 2. The van der Waals surface area contributed by atoms with Crippen molar-refractivity contribution in [3.8, 4) is 22.9 Å². The molecule has 0 bridgehead atoms. The van der Waals surface area contributed by atoms with Crippen molar-refractivity contribution in [2.75, 3.05) is 0 Å². The molecule has 10 aliphatic carbocycles. The number of carboxylic acid groups (broad SMARTS) is 2. The van der Waals surface area contributed by atoms with Crippen LogP contribution in [0.4, 0.5) is 8.78 Å². The summed E-state index contributed by atoms with van der Waals surface area (Å²) >= 11 is 0. The number of halogens is 2. The SMILES string of the molecule is CC(C)C1=C2[C@H]3CC[C@@H]4[C@@]5(C)CC[C@H](OC(=O)CC(C)(C)C(=O)O)C(C)(C)[C@@H]5CC[C@@]4(C)[C@]3(C)CC[C@@]2([C@H](O)c2nnc(-c3ccc(F)c(CC(C)(CC(=O)O[C@H]4CC[C@]5(C)[C@H]6CC[C@@H]7C8=C(C(C)C)C(=O)C[C@]8([C@@H](O)c8nnc(-c9ccc(F)cn9)n8C)CC[C@@]7(C)[C@]6(C)CC[C@H]5C4(C)C)C(=O)O)c3)n2C)CC1=O. The average molecular weight is 1520 g/mol. The Labute approximate surface area is 648 Å². The number of ketones is 2. The van der Waals surface area contributed by atoms with Crippen LogP contribution in [0.1, 0.15) is 276 Å². The number of aliphatic carboxylic acids is 2. The van der Waals surface area contributed by atoms with Gasteiger partial charge in [-0.1, -0.05) is 96.9 Å². The van der Waals surface area contributed by atoms with Gasteiger partial charge in [0.15, 0.2) is 34.9 Å². The Balaban J connectivity index is 0.661. The average Bonchev–Trinajstić information content (AvgIpc) is 1.28. The van der Waals surface area contributed by atoms with Gasteiger partial charge in [-0.05, 0) is 268 Å². The number of aromatic nitrogens is 7. The first kappa shape index (κ1) is 79.8. The lowest BCUT2D eigenvalue weighted by atomic mass is 9.33. The molecule has 21 heteroatoms. The number of Topliss-reactive ketones (excluding diaryl/α,β-unsaturated/α-hetero) is 2. The first-order valence-corrected chi connectivity index (χ1v) is 41.2. The number of esters is 2. The predicted molar refractivity (Wildman–Crippen MR) is 409 cm³/mol. The maximum Gasteiger partial charge on any atom is 0.310 e. The van der Waals surface area contributed by atoms with Crippen molar-refractivity contribution >= 4 is 35.4 Å². The third-order valence-corrected chi connectivity index (χ3v) is 33.8. The smallest absolute Gasteiger partial charge is 0.310 e. The van der Waals surface area contributed by atoms with Gasteiger partial charge in [-0.2, -0.15) is 0 Å². The molecule has 3 heterocycles. The second kappa shape index (κ2) is 26.6. The van der Waals surface area contributed by atoms with Crippen LogP contribution in [0.15, 0.2) is 58.8 Å². The maximum atomic E-state index is 16.5. The molecule has 0 spiro atoms. The van der Waals surface area contributed by atoms with Crippen LogP contribution in [0.5, 0.6) is 0 Å². The minimum Gasteiger partial charge on any atom is -0.481 e. The molecule has 4 N–H and O–H groups in total. The fraction of sp³-hybridized carbons (Fsp3) is 0.719. The van der Waals surface area contributed by atoms with E-state index in [-0.39, 0.29) is 134 Å². The van der Waals surface area contributed by atoms with Gasteiger partial charge in [-0.25, -0.2) is 13.8 Å². The molecule has 598 valence electrons. The van der Waals surface area contributed by atoms with E-state index in [9.17, 15) is 53.6 Å². The second-order valence-corrected chi connectivity index (χ2v) is 40.8. The van der Waals surface area contributed by atoms with Gasteiger partial charge in [0.1, 0.15) is 41.7 Å². The number of ether oxygens (including phenoxy) is 2. The fourth-order valence-corrected chi connectivity index (χ4v) is 27.7. The Morgan fingerprint density at radius 2 is 1.00 bits per heavy atom. The van der Waals surface area contributed by atoms with Crippen molar-refractivity contribution < 1.29 is 67.4 Å². The van der Waals surface area contributed by atoms with Gasteiger partial charge in [0.05, 0.1) is 29.9 Å². The first-order chi connectivity index (χ1) is 51.2. The van der Waals surface area contributed by atoms with Gasteiger partial charge in [0, 0.05) is 54.2 Å². The first-order valence-electron chi connectivity index (χ1n) is 41.2. The number of carboxylic acids is 2. The number of rotatable bonds is 18. The Kier molecular flexibility index (Phi) is 19.3. The van der Waals surface area contributed by atoms with Crippen molar-refractivity contribution in [3.63, 3.8) is 0 Å². The zero-order chi connectivity index (χ0) is 80.1. The molecule has 0 aliphatic heterocycles. The molecule has 8 saturated carbocycles. The van der Waals surface area contributed by atoms with Crippen LogP contribution >= 0.6 is 0 Å². The number of allylic oxidation sites excluding steroid dienone is 2. The lowest BCUT2D eigenvalue weighted by molar-refractivity contribution is -0.235. The molecule has 1 aromatic carbocycles. The van der Waals surface area contributed by atoms with Gasteiger partial charge in [0.2, 0.25) is 0 Å². The van der Waals surface area contributed by atoms with Crippen LogP contribution in [0.2, 0.25) is 0 Å². The van der Waals surface area contributed by atoms with Crippen LogP contribution in [0.3, 0.4) is 0 Å². The van der Waals surface area contributed by atoms with Crippen molar-refractivity contribution in [1.82, 2.24) is 34.5 Å². The predicted octanol–water partition coefficient (Wildman–Crippen LogP) is 17.0. The molecule has 4 aromatic rings. The highest BCUT2D eigenvalue weighted by atomic mass is 19.1. The molecular weight excluding hydrogens is 1400 g/mol. The van der Waals surface area contributed by atoms with E-state index in [1.807, 2.05) is 0 Å². The normalized spacial score (nSPS) is 36.7. The monoisotopic (exact) mass is 1520 g/mol. The summed E-state index contributed by atoms with van der Waals surface area (Å²) in [5, 5.41) is 65.4. The minimum absolute atomic E-state index is 0.00576. The Morgan fingerprint density at radius 1 is 0.545 bits per heavy atom. The van der Waals surface area contributed by atoms with E-state index in [0.717, 1.165) is 106 Å². The third-order valence-electron chi connectivity index (χ3n) is 33.8. The van der Waals surface area contributed by atoms with Crippen molar-refractivity contribution in [2.45, 2.75) is 277 Å². The lowest BCUT2D eigenvalue weighted by Gasteiger charge is -2.72. The van der Waals surface area contributed by atoms with E-state index in [2.05, 4.69) is 117 Å². The van der Waals surface area contributed by atoms with E-state index < -0.39 is 87.3 Å². The Hall–Kier alpha value is -6.87. The van der Waals surface area contributed by atoms with E-state index in [0.29, 0.717) is 60.3 Å². The van der Waals surface area contributed by atoms with Gasteiger partial charge < -0.3 is 39.0 Å².